The fraction of sp³-hybridized carbons (Fsp3) is 0.250. The van der Waals surface area contributed by atoms with Crippen LogP contribution in [0.1, 0.15) is 36.3 Å². The highest BCUT2D eigenvalue weighted by molar-refractivity contribution is 9.11. The monoisotopic (exact) mass is 575 g/mol. The molecule has 2 N–H and O–H groups in total. The number of allylic oxidation sites excluding steroid dienone is 3. The third kappa shape index (κ3) is 4.19. The third-order valence-electron chi connectivity index (χ3n) is 5.82. The van der Waals surface area contributed by atoms with Crippen LogP contribution in [-0.2, 0) is 11.4 Å². The Balaban J connectivity index is 1.72. The van der Waals surface area contributed by atoms with E-state index in [1.165, 1.54) is 0 Å². The van der Waals surface area contributed by atoms with Crippen LogP contribution in [0.25, 0.3) is 0 Å². The quantitative estimate of drug-likeness (QED) is 0.470. The van der Waals surface area contributed by atoms with Crippen molar-refractivity contribution in [3.63, 3.8) is 0 Å². The van der Waals surface area contributed by atoms with Gasteiger partial charge < -0.3 is 15.4 Å². The van der Waals surface area contributed by atoms with Gasteiger partial charge in [0.2, 0.25) is 0 Å². The van der Waals surface area contributed by atoms with Crippen molar-refractivity contribution in [3.05, 3.63) is 84.2 Å². The minimum absolute atomic E-state index is 0.0682. The standard InChI is InChI=1S/C24H20Br2ClN3O2/c1-30-19-3-2-4-20(31)22(19)21(16(11-28)24(30)29)14-9-17(25)23(18(26)10-14)32-12-13-5-7-15(27)8-6-13/h5-10,21H,2-4,12,29H2,1H3/t21-/m0/s1. The highest BCUT2D eigenvalue weighted by Crippen LogP contribution is 2.46. The second-order valence-electron chi connectivity index (χ2n) is 7.77. The van der Waals surface area contributed by atoms with Crippen molar-refractivity contribution in [2.45, 2.75) is 31.8 Å². The van der Waals surface area contributed by atoms with Gasteiger partial charge in [-0.15, -0.1) is 0 Å². The molecule has 0 bridgehead atoms. The molecule has 1 aliphatic heterocycles. The number of carbonyl (C=O) groups is 1. The molecule has 0 unspecified atom stereocenters. The van der Waals surface area contributed by atoms with Gasteiger partial charge in [-0.1, -0.05) is 23.7 Å². The van der Waals surface area contributed by atoms with Crippen molar-refractivity contribution in [2.24, 2.45) is 5.73 Å². The van der Waals surface area contributed by atoms with Gasteiger partial charge >= 0.3 is 0 Å². The smallest absolute Gasteiger partial charge is 0.161 e. The van der Waals surface area contributed by atoms with E-state index in [-0.39, 0.29) is 5.78 Å². The fourth-order valence-electron chi connectivity index (χ4n) is 4.22. The lowest BCUT2D eigenvalue weighted by atomic mass is 9.76. The summed E-state index contributed by atoms with van der Waals surface area (Å²) in [5, 5.41) is 10.6. The van der Waals surface area contributed by atoms with Crippen LogP contribution in [0.3, 0.4) is 0 Å². The Labute approximate surface area is 208 Å². The average Bonchev–Trinajstić information content (AvgIpc) is 2.77. The van der Waals surface area contributed by atoms with Crippen molar-refractivity contribution in [1.29, 1.82) is 5.26 Å². The largest absolute Gasteiger partial charge is 0.487 e. The Morgan fingerprint density at radius 2 is 1.88 bits per heavy atom. The molecule has 5 nitrogen and oxygen atoms in total. The van der Waals surface area contributed by atoms with Crippen LogP contribution >= 0.6 is 43.5 Å². The van der Waals surface area contributed by atoms with Crippen molar-refractivity contribution < 1.29 is 9.53 Å². The number of carbonyl (C=O) groups excluding carboxylic acids is 1. The summed E-state index contributed by atoms with van der Waals surface area (Å²) in [5.74, 6) is 0.591. The van der Waals surface area contributed by atoms with E-state index in [1.807, 2.05) is 43.4 Å². The van der Waals surface area contributed by atoms with E-state index in [4.69, 9.17) is 22.1 Å². The lowest BCUT2D eigenvalue weighted by Gasteiger charge is -2.37. The molecule has 4 rings (SSSR count). The molecule has 1 aliphatic carbocycles. The lowest BCUT2D eigenvalue weighted by Crippen LogP contribution is -2.36. The van der Waals surface area contributed by atoms with Gasteiger partial charge in [0, 0.05) is 29.8 Å². The SMILES string of the molecule is CN1C(N)=C(C#N)[C@H](c2cc(Br)c(OCc3ccc(Cl)cc3)c(Br)c2)C2=C1CCCC2=O. The number of nitriles is 1. The van der Waals surface area contributed by atoms with Gasteiger partial charge in [0.15, 0.2) is 5.78 Å². The summed E-state index contributed by atoms with van der Waals surface area (Å²) in [4.78, 5) is 14.7. The van der Waals surface area contributed by atoms with E-state index in [0.29, 0.717) is 40.8 Å². The number of ether oxygens (including phenoxy) is 1. The van der Waals surface area contributed by atoms with Crippen LogP contribution in [0, 0.1) is 11.3 Å². The highest BCUT2D eigenvalue weighted by atomic mass is 79.9. The topological polar surface area (TPSA) is 79.3 Å². The maximum atomic E-state index is 12.9. The Kier molecular flexibility index (Phi) is 6.66. The molecule has 1 heterocycles. The molecule has 2 aliphatic rings. The van der Waals surface area contributed by atoms with Crippen LogP contribution in [0.15, 0.2) is 68.0 Å². The zero-order valence-electron chi connectivity index (χ0n) is 17.3. The lowest BCUT2D eigenvalue weighted by molar-refractivity contribution is -0.116. The average molecular weight is 578 g/mol. The van der Waals surface area contributed by atoms with Crippen molar-refractivity contribution in [1.82, 2.24) is 4.90 Å². The fourth-order valence-corrected chi connectivity index (χ4v) is 5.79. The van der Waals surface area contributed by atoms with Crippen LogP contribution in [0.2, 0.25) is 5.02 Å². The molecule has 32 heavy (non-hydrogen) atoms. The van der Waals surface area contributed by atoms with E-state index >= 15 is 0 Å². The number of hydrogen-bond donors (Lipinski definition) is 1. The molecule has 0 fully saturated rings. The molecule has 0 saturated heterocycles. The zero-order valence-corrected chi connectivity index (χ0v) is 21.2. The predicted molar refractivity (Wildman–Crippen MR) is 131 cm³/mol. The number of nitrogens with two attached hydrogens (primary N) is 1. The van der Waals surface area contributed by atoms with Gasteiger partial charge in [0.1, 0.15) is 18.2 Å². The zero-order chi connectivity index (χ0) is 23.0. The molecule has 0 saturated carbocycles. The first kappa shape index (κ1) is 22.9. The number of Topliss-reactive ketones (excluding diaryl/α,β-unsaturated/α-hetero) is 1. The maximum absolute atomic E-state index is 12.9. The van der Waals surface area contributed by atoms with Gasteiger partial charge in [-0.3, -0.25) is 4.79 Å². The Hall–Kier alpha value is -2.27. The predicted octanol–water partition coefficient (Wildman–Crippen LogP) is 6.17. The molecule has 0 spiro atoms. The molecule has 1 atom stereocenters. The molecule has 0 radical (unpaired) electrons. The van der Waals surface area contributed by atoms with E-state index in [1.54, 1.807) is 4.90 Å². The number of benzene rings is 2. The van der Waals surface area contributed by atoms with Crippen molar-refractivity contribution in [2.75, 3.05) is 7.05 Å². The van der Waals surface area contributed by atoms with Crippen LogP contribution < -0.4 is 10.5 Å². The van der Waals surface area contributed by atoms with E-state index in [0.717, 1.165) is 38.6 Å². The van der Waals surface area contributed by atoms with Gasteiger partial charge in [0.25, 0.3) is 0 Å². The Morgan fingerprint density at radius 3 is 2.50 bits per heavy atom. The summed E-state index contributed by atoms with van der Waals surface area (Å²) in [6, 6.07) is 13.5. The van der Waals surface area contributed by atoms with Crippen molar-refractivity contribution in [3.8, 4) is 11.8 Å². The minimum Gasteiger partial charge on any atom is -0.487 e. The number of nitrogens with zero attached hydrogens (tertiary/aromatic N) is 2. The highest BCUT2D eigenvalue weighted by Gasteiger charge is 2.39. The van der Waals surface area contributed by atoms with Crippen LogP contribution in [0.4, 0.5) is 0 Å². The molecule has 0 aromatic heterocycles. The van der Waals surface area contributed by atoms with Crippen LogP contribution in [0.5, 0.6) is 5.75 Å². The molecule has 2 aromatic carbocycles. The van der Waals surface area contributed by atoms with Crippen molar-refractivity contribution >= 4 is 49.2 Å². The normalized spacial score (nSPS) is 18.5. The third-order valence-corrected chi connectivity index (χ3v) is 7.25. The number of rotatable bonds is 4. The first-order valence-electron chi connectivity index (χ1n) is 10.1. The van der Waals surface area contributed by atoms with Gasteiger partial charge in [0.05, 0.1) is 26.5 Å². The summed E-state index contributed by atoms with van der Waals surface area (Å²) in [6.45, 7) is 0.367. The number of ketones is 1. The van der Waals surface area contributed by atoms with E-state index in [2.05, 4.69) is 37.9 Å². The van der Waals surface area contributed by atoms with Gasteiger partial charge in [-0.05, 0) is 80.1 Å². The molecule has 2 aromatic rings. The Bertz CT molecular complexity index is 1180. The molecular weight excluding hydrogens is 558 g/mol. The summed E-state index contributed by atoms with van der Waals surface area (Å²) >= 11 is 13.2. The molecule has 0 amide bonds. The molecule has 164 valence electrons. The minimum atomic E-state index is -0.503. The van der Waals surface area contributed by atoms with Gasteiger partial charge in [-0.25, -0.2) is 0 Å². The van der Waals surface area contributed by atoms with E-state index in [9.17, 15) is 10.1 Å². The molecular formula is C24H20Br2ClN3O2. The second kappa shape index (κ2) is 9.30. The first-order chi connectivity index (χ1) is 15.3. The summed E-state index contributed by atoms with van der Waals surface area (Å²) < 4.78 is 7.47. The Morgan fingerprint density at radius 1 is 1.22 bits per heavy atom. The maximum Gasteiger partial charge on any atom is 0.161 e. The van der Waals surface area contributed by atoms with Gasteiger partial charge in [-0.2, -0.15) is 5.26 Å². The second-order valence-corrected chi connectivity index (χ2v) is 9.91. The summed E-state index contributed by atoms with van der Waals surface area (Å²) in [6.07, 6.45) is 2.03. The number of halogens is 3. The first-order valence-corrected chi connectivity index (χ1v) is 12.0. The summed E-state index contributed by atoms with van der Waals surface area (Å²) in [5.41, 5.74) is 10.1. The summed E-state index contributed by atoms with van der Waals surface area (Å²) in [7, 11) is 1.82. The van der Waals surface area contributed by atoms with Crippen LogP contribution in [-0.4, -0.2) is 17.7 Å². The molecule has 8 heteroatoms. The van der Waals surface area contributed by atoms with E-state index < -0.39 is 5.92 Å². The number of hydrogen-bond acceptors (Lipinski definition) is 5.